The average molecular weight is 286 g/mol. The number of methoxy groups -OCH3 is 1. The summed E-state index contributed by atoms with van der Waals surface area (Å²) in [6.45, 7) is 1.95. The lowest BCUT2D eigenvalue weighted by molar-refractivity contribution is 0.218. The molecule has 19 heavy (non-hydrogen) atoms. The fourth-order valence-corrected chi connectivity index (χ4v) is 3.13. The Morgan fingerprint density at radius 1 is 1.37 bits per heavy atom. The van der Waals surface area contributed by atoms with Crippen LogP contribution in [0.2, 0.25) is 0 Å². The van der Waals surface area contributed by atoms with Crippen molar-refractivity contribution in [2.45, 2.75) is 18.9 Å². The highest BCUT2D eigenvalue weighted by Gasteiger charge is 2.35. The Morgan fingerprint density at radius 2 is 2.05 bits per heavy atom. The molecule has 0 aliphatic carbocycles. The summed E-state index contributed by atoms with van der Waals surface area (Å²) in [6.07, 6.45) is -0.307. The van der Waals surface area contributed by atoms with E-state index in [1.54, 1.807) is 12.1 Å². The first kappa shape index (κ1) is 14.1. The maximum absolute atomic E-state index is 11.1. The van der Waals surface area contributed by atoms with Crippen molar-refractivity contribution in [3.05, 3.63) is 23.8 Å². The zero-order valence-corrected chi connectivity index (χ0v) is 11.8. The van der Waals surface area contributed by atoms with Crippen molar-refractivity contribution in [2.24, 2.45) is 0 Å². The molecule has 1 saturated heterocycles. The minimum Gasteiger partial charge on any atom is -0.493 e. The van der Waals surface area contributed by atoms with Crippen LogP contribution in [0.15, 0.2) is 18.2 Å². The average Bonchev–Trinajstić information content (AvgIpc) is 2.35. The molecule has 0 spiro atoms. The fourth-order valence-electron chi connectivity index (χ4n) is 1.96. The Morgan fingerprint density at radius 3 is 2.58 bits per heavy atom. The van der Waals surface area contributed by atoms with Crippen LogP contribution in [0.25, 0.3) is 0 Å². The lowest BCUT2D eigenvalue weighted by atomic mass is 10.0. The van der Waals surface area contributed by atoms with Crippen LogP contribution in [0.4, 0.5) is 0 Å². The predicted octanol–water partition coefficient (Wildman–Crippen LogP) is 0.967. The summed E-state index contributed by atoms with van der Waals surface area (Å²) in [5.41, 5.74) is 0.931. The quantitative estimate of drug-likeness (QED) is 0.873. The van der Waals surface area contributed by atoms with Gasteiger partial charge in [-0.15, -0.1) is 0 Å². The molecule has 1 N–H and O–H groups in total. The third kappa shape index (κ3) is 3.19. The Hall–Kier alpha value is -1.27. The van der Waals surface area contributed by atoms with E-state index >= 15 is 0 Å². The van der Waals surface area contributed by atoms with Crippen LogP contribution in [0.5, 0.6) is 11.5 Å². The van der Waals surface area contributed by atoms with E-state index in [1.165, 1.54) is 7.11 Å². The van der Waals surface area contributed by atoms with Crippen molar-refractivity contribution < 1.29 is 23.0 Å². The number of ether oxygens (including phenoxy) is 2. The van der Waals surface area contributed by atoms with Gasteiger partial charge in [-0.3, -0.25) is 0 Å². The molecule has 1 aliphatic heterocycles. The van der Waals surface area contributed by atoms with Gasteiger partial charge in [0.25, 0.3) is 0 Å². The van der Waals surface area contributed by atoms with E-state index in [0.717, 1.165) is 5.56 Å². The van der Waals surface area contributed by atoms with Gasteiger partial charge in [-0.2, -0.15) is 0 Å². The molecule has 5 nitrogen and oxygen atoms in total. The van der Waals surface area contributed by atoms with Crippen LogP contribution in [0, 0.1) is 0 Å². The molecule has 0 radical (unpaired) electrons. The summed E-state index contributed by atoms with van der Waals surface area (Å²) in [4.78, 5) is 0. The highest BCUT2D eigenvalue weighted by Crippen LogP contribution is 2.33. The van der Waals surface area contributed by atoms with E-state index in [9.17, 15) is 8.42 Å². The van der Waals surface area contributed by atoms with E-state index in [1.807, 2.05) is 13.0 Å². The molecule has 1 aromatic rings. The third-order valence-electron chi connectivity index (χ3n) is 3.20. The Balaban J connectivity index is 2.17. The molecule has 0 amide bonds. The van der Waals surface area contributed by atoms with Crippen LogP contribution in [0.1, 0.15) is 18.4 Å². The summed E-state index contributed by atoms with van der Waals surface area (Å²) >= 11 is 0. The van der Waals surface area contributed by atoms with Crippen LogP contribution in [-0.4, -0.2) is 44.9 Å². The predicted molar refractivity (Wildman–Crippen MR) is 71.6 cm³/mol. The largest absolute Gasteiger partial charge is 0.493 e. The van der Waals surface area contributed by atoms with Gasteiger partial charge in [-0.25, -0.2) is 8.42 Å². The lowest BCUT2D eigenvalue weighted by Crippen LogP contribution is -2.45. The first-order valence-electron chi connectivity index (χ1n) is 6.11. The van der Waals surface area contributed by atoms with Crippen LogP contribution in [-0.2, 0) is 9.84 Å². The van der Waals surface area contributed by atoms with Gasteiger partial charge in [-0.1, -0.05) is 13.0 Å². The Bertz CT molecular complexity index is 540. The maximum Gasteiger partial charge on any atom is 0.161 e. The second-order valence-corrected chi connectivity index (χ2v) is 6.96. The topological polar surface area (TPSA) is 72.8 Å². The molecule has 0 aromatic heterocycles. The zero-order valence-electron chi connectivity index (χ0n) is 11.0. The van der Waals surface area contributed by atoms with Crippen LogP contribution >= 0.6 is 0 Å². The molecule has 1 aromatic carbocycles. The number of hydrogen-bond donors (Lipinski definition) is 1. The lowest BCUT2D eigenvalue weighted by Gasteiger charge is -2.27. The summed E-state index contributed by atoms with van der Waals surface area (Å²) in [5, 5.41) is 9.16. The van der Waals surface area contributed by atoms with Gasteiger partial charge in [-0.05, 0) is 17.7 Å². The molecule has 1 heterocycles. The summed E-state index contributed by atoms with van der Waals surface area (Å²) in [5.74, 6) is 1.20. The number of sulfone groups is 1. The zero-order chi connectivity index (χ0) is 14.0. The standard InChI is InChI=1S/C13H18O5S/c1-9(6-14)10-3-4-12(17-2)13(5-10)18-11-7-19(15,16)8-11/h3-5,9,11,14H,6-8H2,1-2H3. The smallest absolute Gasteiger partial charge is 0.161 e. The molecule has 1 aliphatic rings. The molecule has 1 unspecified atom stereocenters. The fraction of sp³-hybridized carbons (Fsp3) is 0.538. The van der Waals surface area contributed by atoms with E-state index in [0.29, 0.717) is 11.5 Å². The van der Waals surface area contributed by atoms with Gasteiger partial charge < -0.3 is 14.6 Å². The van der Waals surface area contributed by atoms with Crippen LogP contribution < -0.4 is 9.47 Å². The van der Waals surface area contributed by atoms with E-state index < -0.39 is 9.84 Å². The monoisotopic (exact) mass is 286 g/mol. The number of aliphatic hydroxyl groups is 1. The number of benzene rings is 1. The van der Waals surface area contributed by atoms with Gasteiger partial charge >= 0.3 is 0 Å². The molecule has 2 rings (SSSR count). The van der Waals surface area contributed by atoms with Gasteiger partial charge in [0, 0.05) is 12.5 Å². The minimum absolute atomic E-state index is 0.00150. The van der Waals surface area contributed by atoms with Crippen molar-refractivity contribution >= 4 is 9.84 Å². The van der Waals surface area contributed by atoms with Crippen LogP contribution in [0.3, 0.4) is 0 Å². The molecule has 1 fully saturated rings. The summed E-state index contributed by atoms with van der Waals surface area (Å²) in [6, 6.07) is 5.43. The molecule has 106 valence electrons. The van der Waals surface area contributed by atoms with Crippen molar-refractivity contribution in [1.29, 1.82) is 0 Å². The molecule has 6 heteroatoms. The summed E-state index contributed by atoms with van der Waals surface area (Å²) < 4.78 is 33.1. The molecule has 1 atom stereocenters. The van der Waals surface area contributed by atoms with E-state index in [4.69, 9.17) is 14.6 Å². The van der Waals surface area contributed by atoms with Gasteiger partial charge in [0.15, 0.2) is 21.3 Å². The maximum atomic E-state index is 11.1. The van der Waals surface area contributed by atoms with Crippen molar-refractivity contribution in [1.82, 2.24) is 0 Å². The number of rotatable bonds is 5. The Labute approximate surface area is 113 Å². The number of aliphatic hydroxyl groups excluding tert-OH is 1. The SMILES string of the molecule is COc1ccc(C(C)CO)cc1OC1CS(=O)(=O)C1. The van der Waals surface area contributed by atoms with Crippen molar-refractivity contribution in [3.63, 3.8) is 0 Å². The molecular formula is C13H18O5S. The third-order valence-corrected chi connectivity index (χ3v) is 4.96. The van der Waals surface area contributed by atoms with E-state index in [-0.39, 0.29) is 30.1 Å². The molecule has 0 saturated carbocycles. The second-order valence-electron chi connectivity index (χ2n) is 4.81. The highest BCUT2D eigenvalue weighted by molar-refractivity contribution is 7.92. The van der Waals surface area contributed by atoms with Gasteiger partial charge in [0.1, 0.15) is 6.10 Å². The second kappa shape index (κ2) is 5.38. The molecular weight excluding hydrogens is 268 g/mol. The Kier molecular flexibility index (Phi) is 4.01. The minimum atomic E-state index is -2.91. The summed E-state index contributed by atoms with van der Waals surface area (Å²) in [7, 11) is -1.37. The van der Waals surface area contributed by atoms with Gasteiger partial charge in [0.05, 0.1) is 18.6 Å². The molecule has 0 bridgehead atoms. The number of hydrogen-bond acceptors (Lipinski definition) is 5. The van der Waals surface area contributed by atoms with Gasteiger partial charge in [0.2, 0.25) is 0 Å². The first-order chi connectivity index (χ1) is 8.95. The highest BCUT2D eigenvalue weighted by atomic mass is 32.2. The van der Waals surface area contributed by atoms with Crippen molar-refractivity contribution in [3.8, 4) is 11.5 Å². The first-order valence-corrected chi connectivity index (χ1v) is 7.93. The normalized spacial score (nSPS) is 19.5. The van der Waals surface area contributed by atoms with Crippen molar-refractivity contribution in [2.75, 3.05) is 25.2 Å². The van der Waals surface area contributed by atoms with E-state index in [2.05, 4.69) is 0 Å².